The van der Waals surface area contributed by atoms with Gasteiger partial charge in [0.2, 0.25) is 0 Å². The lowest BCUT2D eigenvalue weighted by Gasteiger charge is -2.21. The first-order chi connectivity index (χ1) is 8.83. The van der Waals surface area contributed by atoms with Gasteiger partial charge >= 0.3 is 12.3 Å². The lowest BCUT2D eigenvalue weighted by molar-refractivity contribution is -0.383. The van der Waals surface area contributed by atoms with Gasteiger partial charge in [0.1, 0.15) is 6.10 Å². The third-order valence-corrected chi connectivity index (χ3v) is 1.97. The molecule has 0 aromatic heterocycles. The summed E-state index contributed by atoms with van der Waals surface area (Å²) >= 11 is 0. The Labute approximate surface area is 111 Å². The summed E-state index contributed by atoms with van der Waals surface area (Å²) in [5.41, 5.74) is 0. The van der Waals surface area contributed by atoms with E-state index in [1.807, 2.05) is 0 Å². The van der Waals surface area contributed by atoms with Crippen molar-refractivity contribution in [2.75, 3.05) is 14.0 Å². The summed E-state index contributed by atoms with van der Waals surface area (Å²) in [5.74, 6) is -2.94. The van der Waals surface area contributed by atoms with E-state index in [0.29, 0.717) is 6.42 Å². The lowest BCUT2D eigenvalue weighted by Crippen LogP contribution is -2.37. The van der Waals surface area contributed by atoms with E-state index >= 15 is 0 Å². The van der Waals surface area contributed by atoms with E-state index in [1.165, 1.54) is 0 Å². The van der Waals surface area contributed by atoms with Crippen molar-refractivity contribution < 1.29 is 44.6 Å². The van der Waals surface area contributed by atoms with Crippen molar-refractivity contribution in [3.05, 3.63) is 0 Å². The molecule has 1 atom stereocenters. The Kier molecular flexibility index (Phi) is 9.32. The van der Waals surface area contributed by atoms with Crippen LogP contribution in [-0.4, -0.2) is 38.3 Å². The molecule has 10 heteroatoms. The van der Waals surface area contributed by atoms with Gasteiger partial charge in [-0.3, -0.25) is 0 Å². The molecule has 2 nitrogen and oxygen atoms in total. The van der Waals surface area contributed by atoms with E-state index in [-0.39, 0.29) is 13.5 Å². The molecule has 124 valence electrons. The molecule has 0 aromatic rings. The highest BCUT2D eigenvalue weighted by Gasteiger charge is 2.58. The largest absolute Gasteiger partial charge is 0.482 e. The second kappa shape index (κ2) is 8.60. The van der Waals surface area contributed by atoms with Crippen LogP contribution in [0.3, 0.4) is 0 Å². The van der Waals surface area contributed by atoms with Crippen LogP contribution in [-0.2, 0) is 9.47 Å². The first-order valence-corrected chi connectivity index (χ1v) is 5.38. The Hall–Kier alpha value is -0.640. The van der Waals surface area contributed by atoms with Crippen molar-refractivity contribution >= 4 is 0 Å². The number of halogens is 8. The summed E-state index contributed by atoms with van der Waals surface area (Å²) < 4.78 is 99.1. The standard InChI is InChI=1S/C7H13F3O.C3H3F5O/c1-3-4-6(11-5-8)7(2,9)10;1-9-3(7,8)2(4,5)6/h6H,3-5H2,1-2H3;1H3. The van der Waals surface area contributed by atoms with Gasteiger partial charge < -0.3 is 9.47 Å². The van der Waals surface area contributed by atoms with Gasteiger partial charge in [0.25, 0.3) is 5.92 Å². The Bertz CT molecular complexity index is 243. The van der Waals surface area contributed by atoms with Crippen molar-refractivity contribution in [3.63, 3.8) is 0 Å². The van der Waals surface area contributed by atoms with E-state index in [0.717, 1.165) is 6.92 Å². The minimum Gasteiger partial charge on any atom is -0.341 e. The molecule has 0 fully saturated rings. The van der Waals surface area contributed by atoms with Gasteiger partial charge in [-0.2, -0.15) is 22.0 Å². The summed E-state index contributed by atoms with van der Waals surface area (Å²) in [6.07, 6.45) is -11.2. The van der Waals surface area contributed by atoms with Gasteiger partial charge in [-0.1, -0.05) is 13.3 Å². The van der Waals surface area contributed by atoms with E-state index in [9.17, 15) is 35.1 Å². The molecule has 0 saturated heterocycles. The van der Waals surface area contributed by atoms with E-state index in [2.05, 4.69) is 9.47 Å². The highest BCUT2D eigenvalue weighted by molar-refractivity contribution is 4.71. The summed E-state index contributed by atoms with van der Waals surface area (Å²) in [4.78, 5) is 0. The fourth-order valence-electron chi connectivity index (χ4n) is 0.937. The highest BCUT2D eigenvalue weighted by Crippen LogP contribution is 2.35. The van der Waals surface area contributed by atoms with Gasteiger partial charge in [0.15, 0.2) is 6.86 Å². The molecular formula is C10H16F8O2. The maximum Gasteiger partial charge on any atom is 0.482 e. The minimum absolute atomic E-state index is 0.188. The quantitative estimate of drug-likeness (QED) is 0.669. The normalized spacial score (nSPS) is 14.6. The van der Waals surface area contributed by atoms with Crippen LogP contribution in [0.4, 0.5) is 35.1 Å². The molecule has 1 unspecified atom stereocenters. The average Bonchev–Trinajstić information content (AvgIpc) is 2.27. The molecule has 0 amide bonds. The number of rotatable bonds is 6. The van der Waals surface area contributed by atoms with Crippen molar-refractivity contribution in [1.82, 2.24) is 0 Å². The highest BCUT2D eigenvalue weighted by atomic mass is 19.4. The Morgan fingerprint density at radius 3 is 1.60 bits per heavy atom. The molecule has 0 aliphatic rings. The number of ether oxygens (including phenoxy) is 2. The maximum atomic E-state index is 12.5. The Morgan fingerprint density at radius 1 is 1.00 bits per heavy atom. The Balaban J connectivity index is 0. The number of methoxy groups -OCH3 is 1. The lowest BCUT2D eigenvalue weighted by atomic mass is 10.1. The van der Waals surface area contributed by atoms with Gasteiger partial charge in [-0.25, -0.2) is 13.2 Å². The molecular weight excluding hydrogens is 304 g/mol. The SMILES string of the molecule is CCCC(OCF)C(C)(F)F.COC(F)(F)C(F)(F)F. The zero-order valence-electron chi connectivity index (χ0n) is 11.0. The maximum absolute atomic E-state index is 12.5. The monoisotopic (exact) mass is 320 g/mol. The smallest absolute Gasteiger partial charge is 0.341 e. The Morgan fingerprint density at radius 2 is 1.45 bits per heavy atom. The van der Waals surface area contributed by atoms with Crippen LogP contribution in [0.5, 0.6) is 0 Å². The number of hydrogen-bond donors (Lipinski definition) is 0. The van der Waals surface area contributed by atoms with E-state index in [1.54, 1.807) is 6.92 Å². The van der Waals surface area contributed by atoms with Crippen LogP contribution in [0.1, 0.15) is 26.7 Å². The van der Waals surface area contributed by atoms with E-state index in [4.69, 9.17) is 0 Å². The molecule has 0 spiro atoms. The molecule has 0 aliphatic carbocycles. The molecule has 0 aliphatic heterocycles. The molecule has 0 aromatic carbocycles. The van der Waals surface area contributed by atoms with Crippen LogP contribution in [0, 0.1) is 0 Å². The molecule has 0 N–H and O–H groups in total. The minimum atomic E-state index is -5.61. The topological polar surface area (TPSA) is 18.5 Å². The molecule has 0 radical (unpaired) electrons. The van der Waals surface area contributed by atoms with Gasteiger partial charge in [-0.15, -0.1) is 0 Å². The first kappa shape index (κ1) is 21.7. The fraction of sp³-hybridized carbons (Fsp3) is 1.00. The predicted octanol–water partition coefficient (Wildman–Crippen LogP) is 4.54. The molecule has 20 heavy (non-hydrogen) atoms. The molecule has 0 heterocycles. The van der Waals surface area contributed by atoms with E-state index < -0.39 is 31.2 Å². The van der Waals surface area contributed by atoms with Crippen molar-refractivity contribution in [2.45, 2.75) is 51.0 Å². The second-order valence-corrected chi connectivity index (χ2v) is 3.73. The number of alkyl halides is 8. The second-order valence-electron chi connectivity index (χ2n) is 3.73. The van der Waals surface area contributed by atoms with Crippen LogP contribution >= 0.6 is 0 Å². The van der Waals surface area contributed by atoms with Crippen LogP contribution in [0.15, 0.2) is 0 Å². The summed E-state index contributed by atoms with van der Waals surface area (Å²) in [7, 11) is 0.285. The average molecular weight is 320 g/mol. The van der Waals surface area contributed by atoms with Crippen molar-refractivity contribution in [2.24, 2.45) is 0 Å². The van der Waals surface area contributed by atoms with Crippen molar-refractivity contribution in [3.8, 4) is 0 Å². The summed E-state index contributed by atoms with van der Waals surface area (Å²) in [6.45, 7) is 1.34. The third kappa shape index (κ3) is 8.51. The first-order valence-electron chi connectivity index (χ1n) is 5.38. The summed E-state index contributed by atoms with van der Waals surface area (Å²) in [6, 6.07) is 0. The fourth-order valence-corrected chi connectivity index (χ4v) is 0.937. The summed E-state index contributed by atoms with van der Waals surface area (Å²) in [5, 5.41) is 0. The van der Waals surface area contributed by atoms with Gasteiger partial charge in [-0.05, 0) is 6.42 Å². The van der Waals surface area contributed by atoms with Crippen molar-refractivity contribution in [1.29, 1.82) is 0 Å². The zero-order valence-corrected chi connectivity index (χ0v) is 11.0. The molecule has 0 saturated carbocycles. The third-order valence-electron chi connectivity index (χ3n) is 1.97. The van der Waals surface area contributed by atoms with Crippen LogP contribution < -0.4 is 0 Å². The number of hydrogen-bond acceptors (Lipinski definition) is 2. The van der Waals surface area contributed by atoms with Gasteiger partial charge in [0.05, 0.1) is 0 Å². The zero-order chi connectivity index (χ0) is 16.6. The van der Waals surface area contributed by atoms with Gasteiger partial charge in [0, 0.05) is 14.0 Å². The molecule has 0 bridgehead atoms. The van der Waals surface area contributed by atoms with Crippen LogP contribution in [0.25, 0.3) is 0 Å². The predicted molar refractivity (Wildman–Crippen MR) is 54.4 cm³/mol. The molecule has 0 rings (SSSR count). The van der Waals surface area contributed by atoms with Crippen LogP contribution in [0.2, 0.25) is 0 Å².